The lowest BCUT2D eigenvalue weighted by Crippen LogP contribution is -1.90. The summed E-state index contributed by atoms with van der Waals surface area (Å²) in [5.41, 5.74) is 2.72. The molecule has 0 saturated carbocycles. The molecule has 1 aromatic carbocycles. The Morgan fingerprint density at radius 1 is 1.46 bits per heavy atom. The number of ether oxygens (including phenoxy) is 1. The van der Waals surface area contributed by atoms with E-state index in [9.17, 15) is 0 Å². The number of aryl methyl sites for hydroxylation is 2. The van der Waals surface area contributed by atoms with Crippen molar-refractivity contribution in [2.45, 2.75) is 24.8 Å². The van der Waals surface area contributed by atoms with E-state index in [0.717, 1.165) is 12.4 Å². The van der Waals surface area contributed by atoms with Gasteiger partial charge in [-0.2, -0.15) is 0 Å². The first-order valence-corrected chi connectivity index (χ1v) is 5.56. The summed E-state index contributed by atoms with van der Waals surface area (Å²) in [6, 6.07) is 6.61. The van der Waals surface area contributed by atoms with Crippen molar-refractivity contribution in [1.29, 1.82) is 0 Å². The normalized spacial score (nSPS) is 20.3. The first-order chi connectivity index (χ1) is 6.25. The average molecular weight is 194 g/mol. The summed E-state index contributed by atoms with van der Waals surface area (Å²) in [6.07, 6.45) is 0.519. The first-order valence-electron chi connectivity index (χ1n) is 4.57. The van der Waals surface area contributed by atoms with Crippen LogP contribution in [0.3, 0.4) is 0 Å². The Bertz CT molecular complexity index is 305. The van der Waals surface area contributed by atoms with Gasteiger partial charge in [0, 0.05) is 10.6 Å². The first kappa shape index (κ1) is 9.10. The minimum atomic E-state index is 0.519. The van der Waals surface area contributed by atoms with Crippen molar-refractivity contribution in [2.75, 3.05) is 12.4 Å². The van der Waals surface area contributed by atoms with Gasteiger partial charge in [-0.05, 0) is 25.5 Å². The van der Waals surface area contributed by atoms with Gasteiger partial charge < -0.3 is 4.74 Å². The van der Waals surface area contributed by atoms with Crippen molar-refractivity contribution < 1.29 is 4.74 Å². The number of hydrogen-bond acceptors (Lipinski definition) is 2. The van der Waals surface area contributed by atoms with Crippen LogP contribution in [0.15, 0.2) is 23.1 Å². The van der Waals surface area contributed by atoms with Crippen LogP contribution in [0.5, 0.6) is 0 Å². The third-order valence-corrected chi connectivity index (χ3v) is 3.47. The number of epoxide rings is 1. The fourth-order valence-electron chi connectivity index (χ4n) is 1.31. The van der Waals surface area contributed by atoms with Crippen LogP contribution in [-0.4, -0.2) is 18.5 Å². The lowest BCUT2D eigenvalue weighted by Gasteiger charge is -2.04. The highest BCUT2D eigenvalue weighted by molar-refractivity contribution is 7.99. The lowest BCUT2D eigenvalue weighted by atomic mass is 10.2. The quantitative estimate of drug-likeness (QED) is 0.542. The van der Waals surface area contributed by atoms with E-state index in [4.69, 9.17) is 4.74 Å². The van der Waals surface area contributed by atoms with Crippen molar-refractivity contribution >= 4 is 11.8 Å². The van der Waals surface area contributed by atoms with Gasteiger partial charge in [0.1, 0.15) is 0 Å². The molecular weight excluding hydrogens is 180 g/mol. The van der Waals surface area contributed by atoms with Crippen LogP contribution < -0.4 is 0 Å². The minimum Gasteiger partial charge on any atom is -0.372 e. The number of benzene rings is 1. The standard InChI is InChI=1S/C11H14OS/c1-8-3-4-11(9(2)5-8)13-7-10-6-12-10/h3-5,10H,6-7H2,1-2H3. The third-order valence-electron chi connectivity index (χ3n) is 2.16. The van der Waals surface area contributed by atoms with Crippen LogP contribution in [0.1, 0.15) is 11.1 Å². The zero-order valence-electron chi connectivity index (χ0n) is 8.04. The van der Waals surface area contributed by atoms with Crippen molar-refractivity contribution in [3.63, 3.8) is 0 Å². The summed E-state index contributed by atoms with van der Waals surface area (Å²) in [4.78, 5) is 1.39. The van der Waals surface area contributed by atoms with E-state index in [1.807, 2.05) is 11.8 Å². The maximum absolute atomic E-state index is 5.17. The predicted octanol–water partition coefficient (Wildman–Crippen LogP) is 2.79. The highest BCUT2D eigenvalue weighted by atomic mass is 32.2. The molecule has 1 nitrogen and oxygen atoms in total. The molecule has 0 radical (unpaired) electrons. The summed E-state index contributed by atoms with van der Waals surface area (Å²) in [6.45, 7) is 5.26. The lowest BCUT2D eigenvalue weighted by molar-refractivity contribution is 0.426. The van der Waals surface area contributed by atoms with Crippen LogP contribution in [-0.2, 0) is 4.74 Å². The van der Waals surface area contributed by atoms with Crippen molar-refractivity contribution in [3.8, 4) is 0 Å². The van der Waals surface area contributed by atoms with Crippen molar-refractivity contribution in [2.24, 2.45) is 0 Å². The molecule has 0 bridgehead atoms. The van der Waals surface area contributed by atoms with E-state index in [0.29, 0.717) is 6.10 Å². The Morgan fingerprint density at radius 3 is 2.85 bits per heavy atom. The Morgan fingerprint density at radius 2 is 2.23 bits per heavy atom. The van der Waals surface area contributed by atoms with Gasteiger partial charge in [0.05, 0.1) is 12.7 Å². The molecule has 2 rings (SSSR count). The van der Waals surface area contributed by atoms with E-state index < -0.39 is 0 Å². The number of rotatable bonds is 3. The van der Waals surface area contributed by atoms with E-state index in [1.165, 1.54) is 16.0 Å². The Kier molecular flexibility index (Phi) is 2.61. The molecule has 1 aliphatic heterocycles. The molecule has 13 heavy (non-hydrogen) atoms. The van der Waals surface area contributed by atoms with Crippen LogP contribution in [0.4, 0.5) is 0 Å². The van der Waals surface area contributed by atoms with Gasteiger partial charge in [0.15, 0.2) is 0 Å². The maximum Gasteiger partial charge on any atom is 0.0903 e. The summed E-state index contributed by atoms with van der Waals surface area (Å²) < 4.78 is 5.17. The fraction of sp³-hybridized carbons (Fsp3) is 0.455. The minimum absolute atomic E-state index is 0.519. The van der Waals surface area contributed by atoms with Gasteiger partial charge in [0.2, 0.25) is 0 Å². The van der Waals surface area contributed by atoms with Crippen LogP contribution in [0.2, 0.25) is 0 Å². The fourth-order valence-corrected chi connectivity index (χ4v) is 2.32. The van der Waals surface area contributed by atoms with E-state index in [1.54, 1.807) is 0 Å². The molecule has 2 heteroatoms. The van der Waals surface area contributed by atoms with Gasteiger partial charge in [-0.25, -0.2) is 0 Å². The molecule has 0 N–H and O–H groups in total. The molecule has 1 heterocycles. The molecule has 0 aromatic heterocycles. The van der Waals surface area contributed by atoms with Crippen LogP contribution in [0.25, 0.3) is 0 Å². The molecule has 0 aliphatic carbocycles. The topological polar surface area (TPSA) is 12.5 Å². The Hall–Kier alpha value is -0.470. The van der Waals surface area contributed by atoms with Crippen molar-refractivity contribution in [3.05, 3.63) is 29.3 Å². The zero-order valence-corrected chi connectivity index (χ0v) is 8.86. The molecule has 1 saturated heterocycles. The largest absolute Gasteiger partial charge is 0.372 e. The molecule has 1 aromatic rings. The van der Waals surface area contributed by atoms with Crippen LogP contribution >= 0.6 is 11.8 Å². The van der Waals surface area contributed by atoms with Gasteiger partial charge in [-0.1, -0.05) is 17.7 Å². The van der Waals surface area contributed by atoms with Gasteiger partial charge in [-0.3, -0.25) is 0 Å². The summed E-state index contributed by atoms with van der Waals surface area (Å²) in [5, 5.41) is 0. The highest BCUT2D eigenvalue weighted by Crippen LogP contribution is 2.26. The molecule has 0 spiro atoms. The zero-order chi connectivity index (χ0) is 9.26. The van der Waals surface area contributed by atoms with E-state index in [2.05, 4.69) is 32.0 Å². The van der Waals surface area contributed by atoms with Gasteiger partial charge >= 0.3 is 0 Å². The molecule has 1 unspecified atom stereocenters. The van der Waals surface area contributed by atoms with Gasteiger partial charge in [0.25, 0.3) is 0 Å². The second-order valence-electron chi connectivity index (χ2n) is 3.54. The number of hydrogen-bond donors (Lipinski definition) is 0. The molecule has 70 valence electrons. The predicted molar refractivity (Wildman–Crippen MR) is 56.4 cm³/mol. The molecule has 1 aliphatic rings. The number of thioether (sulfide) groups is 1. The maximum atomic E-state index is 5.17. The van der Waals surface area contributed by atoms with Gasteiger partial charge in [-0.15, -0.1) is 11.8 Å². The van der Waals surface area contributed by atoms with Crippen molar-refractivity contribution in [1.82, 2.24) is 0 Å². The highest BCUT2D eigenvalue weighted by Gasteiger charge is 2.22. The monoisotopic (exact) mass is 194 g/mol. The Balaban J connectivity index is 2.01. The van der Waals surface area contributed by atoms with Crippen LogP contribution in [0, 0.1) is 13.8 Å². The Labute approximate surface area is 83.5 Å². The van der Waals surface area contributed by atoms with E-state index in [-0.39, 0.29) is 0 Å². The molecule has 1 fully saturated rings. The molecule has 0 amide bonds. The van der Waals surface area contributed by atoms with E-state index >= 15 is 0 Å². The summed E-state index contributed by atoms with van der Waals surface area (Å²) in [5.74, 6) is 1.10. The molecule has 1 atom stereocenters. The second kappa shape index (κ2) is 3.72. The summed E-state index contributed by atoms with van der Waals surface area (Å²) >= 11 is 1.90. The SMILES string of the molecule is Cc1ccc(SCC2CO2)c(C)c1. The smallest absolute Gasteiger partial charge is 0.0903 e. The summed E-state index contributed by atoms with van der Waals surface area (Å²) in [7, 11) is 0. The molecular formula is C11H14OS. The second-order valence-corrected chi connectivity index (χ2v) is 4.60. The third kappa shape index (κ3) is 2.48. The average Bonchev–Trinajstić information content (AvgIpc) is 2.86.